The van der Waals surface area contributed by atoms with Crippen LogP contribution in [0.3, 0.4) is 0 Å². The fourth-order valence-corrected chi connectivity index (χ4v) is 4.35. The molecule has 0 fully saturated rings. The van der Waals surface area contributed by atoms with Gasteiger partial charge in [-0.2, -0.15) is 0 Å². The van der Waals surface area contributed by atoms with Gasteiger partial charge < -0.3 is 15.2 Å². The van der Waals surface area contributed by atoms with E-state index in [1.807, 2.05) is 6.92 Å². The summed E-state index contributed by atoms with van der Waals surface area (Å²) in [5, 5.41) is 13.7. The van der Waals surface area contributed by atoms with Crippen molar-refractivity contribution in [3.63, 3.8) is 0 Å². The van der Waals surface area contributed by atoms with Gasteiger partial charge in [0.15, 0.2) is 0 Å². The lowest BCUT2D eigenvalue weighted by Crippen LogP contribution is -2.42. The van der Waals surface area contributed by atoms with E-state index in [4.69, 9.17) is 4.74 Å². The van der Waals surface area contributed by atoms with Crippen LogP contribution in [0.4, 0.5) is 5.69 Å². The molecule has 7 heteroatoms. The molecule has 6 nitrogen and oxygen atoms in total. The van der Waals surface area contributed by atoms with Gasteiger partial charge in [-0.25, -0.2) is 8.42 Å². The summed E-state index contributed by atoms with van der Waals surface area (Å²) < 4.78 is 33.1. The van der Waals surface area contributed by atoms with E-state index in [0.717, 1.165) is 18.5 Å². The molecule has 2 aromatic carbocycles. The first-order chi connectivity index (χ1) is 13.7. The smallest absolute Gasteiger partial charge is 0.264 e. The molecule has 0 radical (unpaired) electrons. The van der Waals surface area contributed by atoms with Crippen LogP contribution in [0.5, 0.6) is 5.75 Å². The van der Waals surface area contributed by atoms with Crippen LogP contribution in [0.15, 0.2) is 53.4 Å². The maximum atomic E-state index is 13.3. The predicted molar refractivity (Wildman–Crippen MR) is 117 cm³/mol. The van der Waals surface area contributed by atoms with Crippen molar-refractivity contribution in [3.05, 3.63) is 54.1 Å². The Kier molecular flexibility index (Phi) is 8.49. The molecule has 0 bridgehead atoms. The molecule has 0 aromatic heterocycles. The average Bonchev–Trinajstić information content (AvgIpc) is 2.69. The monoisotopic (exact) mass is 420 g/mol. The zero-order valence-electron chi connectivity index (χ0n) is 17.6. The molecule has 0 heterocycles. The fourth-order valence-electron chi connectivity index (χ4n) is 2.84. The van der Waals surface area contributed by atoms with Crippen molar-refractivity contribution >= 4 is 15.7 Å². The van der Waals surface area contributed by atoms with Crippen molar-refractivity contribution in [1.82, 2.24) is 5.32 Å². The van der Waals surface area contributed by atoms with Crippen molar-refractivity contribution in [2.75, 3.05) is 31.0 Å². The van der Waals surface area contributed by atoms with Gasteiger partial charge >= 0.3 is 0 Å². The summed E-state index contributed by atoms with van der Waals surface area (Å²) in [5.74, 6) is 1.20. The summed E-state index contributed by atoms with van der Waals surface area (Å²) in [7, 11) is -2.27. The molecule has 2 N–H and O–H groups in total. The van der Waals surface area contributed by atoms with E-state index in [2.05, 4.69) is 19.2 Å². The van der Waals surface area contributed by atoms with E-state index in [9.17, 15) is 13.5 Å². The number of nitrogens with zero attached hydrogens (tertiary/aromatic N) is 1. The summed E-state index contributed by atoms with van der Waals surface area (Å²) in [6.45, 7) is 7.24. The minimum absolute atomic E-state index is 0.0444. The first kappa shape index (κ1) is 23.2. The molecule has 0 aliphatic carbocycles. The standard InChI is InChI=1S/C22H32N2O4S/c1-17(2)13-14-23-15-20(25)16-24(19-7-9-21(28-4)10-8-19)29(26,27)22-11-5-18(3)6-12-22/h5-12,17,20,23,25H,13-16H2,1-4H3. The highest BCUT2D eigenvalue weighted by atomic mass is 32.2. The normalized spacial score (nSPS) is 12.8. The van der Waals surface area contributed by atoms with Crippen molar-refractivity contribution in [2.24, 2.45) is 5.92 Å². The summed E-state index contributed by atoms with van der Waals surface area (Å²) in [6, 6.07) is 13.5. The maximum Gasteiger partial charge on any atom is 0.264 e. The highest BCUT2D eigenvalue weighted by Crippen LogP contribution is 2.26. The van der Waals surface area contributed by atoms with E-state index in [1.54, 1.807) is 55.6 Å². The van der Waals surface area contributed by atoms with Crippen molar-refractivity contribution in [3.8, 4) is 5.75 Å². The number of aliphatic hydroxyl groups is 1. The van der Waals surface area contributed by atoms with Crippen LogP contribution in [0.2, 0.25) is 0 Å². The second-order valence-electron chi connectivity index (χ2n) is 7.59. The van der Waals surface area contributed by atoms with Crippen LogP contribution in [-0.4, -0.2) is 46.4 Å². The minimum Gasteiger partial charge on any atom is -0.497 e. The third-order valence-corrected chi connectivity index (χ3v) is 6.43. The quantitative estimate of drug-likeness (QED) is 0.546. The lowest BCUT2D eigenvalue weighted by molar-refractivity contribution is 0.180. The van der Waals surface area contributed by atoms with Gasteiger partial charge in [0.2, 0.25) is 0 Å². The SMILES string of the molecule is COc1ccc(N(CC(O)CNCCC(C)C)S(=O)(=O)c2ccc(C)cc2)cc1. The Morgan fingerprint density at radius 3 is 2.24 bits per heavy atom. The Bertz CT molecular complexity index is 849. The number of ether oxygens (including phenoxy) is 1. The summed E-state index contributed by atoms with van der Waals surface area (Å²) in [5.41, 5.74) is 1.46. The van der Waals surface area contributed by atoms with Gasteiger partial charge in [-0.05, 0) is 62.2 Å². The molecule has 1 unspecified atom stereocenters. The molecule has 0 saturated heterocycles. The molecular weight excluding hydrogens is 388 g/mol. The molecule has 0 amide bonds. The number of hydrogen-bond acceptors (Lipinski definition) is 5. The van der Waals surface area contributed by atoms with E-state index < -0.39 is 16.1 Å². The molecule has 2 aromatic rings. The third kappa shape index (κ3) is 6.73. The number of methoxy groups -OCH3 is 1. The molecule has 2 rings (SSSR count). The van der Waals surface area contributed by atoms with Gasteiger partial charge in [0.1, 0.15) is 5.75 Å². The number of sulfonamides is 1. The Hall–Kier alpha value is -2.09. The van der Waals surface area contributed by atoms with Crippen LogP contribution in [-0.2, 0) is 10.0 Å². The third-order valence-electron chi connectivity index (χ3n) is 4.62. The Labute approximate surface area is 174 Å². The predicted octanol–water partition coefficient (Wildman–Crippen LogP) is 3.20. The largest absolute Gasteiger partial charge is 0.497 e. The molecule has 0 saturated carbocycles. The molecule has 0 spiro atoms. The summed E-state index contributed by atoms with van der Waals surface area (Å²) in [6.07, 6.45) is 0.154. The van der Waals surface area contributed by atoms with Gasteiger partial charge in [-0.15, -0.1) is 0 Å². The Morgan fingerprint density at radius 2 is 1.69 bits per heavy atom. The lowest BCUT2D eigenvalue weighted by Gasteiger charge is -2.27. The number of aryl methyl sites for hydroxylation is 1. The number of benzene rings is 2. The molecule has 0 aliphatic heterocycles. The van der Waals surface area contributed by atoms with E-state index in [-0.39, 0.29) is 11.4 Å². The molecule has 0 aliphatic rings. The Balaban J connectivity index is 2.24. The topological polar surface area (TPSA) is 78.9 Å². The van der Waals surface area contributed by atoms with Crippen molar-refractivity contribution in [2.45, 2.75) is 38.2 Å². The summed E-state index contributed by atoms with van der Waals surface area (Å²) in [4.78, 5) is 0.193. The molecule has 160 valence electrons. The maximum absolute atomic E-state index is 13.3. The first-order valence-corrected chi connectivity index (χ1v) is 11.3. The van der Waals surface area contributed by atoms with E-state index in [0.29, 0.717) is 23.9 Å². The van der Waals surface area contributed by atoms with Crippen LogP contribution in [0.1, 0.15) is 25.8 Å². The van der Waals surface area contributed by atoms with Gasteiger partial charge in [0.25, 0.3) is 10.0 Å². The van der Waals surface area contributed by atoms with Crippen LogP contribution < -0.4 is 14.4 Å². The molecule has 1 atom stereocenters. The van der Waals surface area contributed by atoms with Gasteiger partial charge in [-0.3, -0.25) is 4.31 Å². The van der Waals surface area contributed by atoms with Crippen LogP contribution in [0, 0.1) is 12.8 Å². The molecule has 29 heavy (non-hydrogen) atoms. The van der Waals surface area contributed by atoms with Crippen LogP contribution >= 0.6 is 0 Å². The average molecular weight is 421 g/mol. The van der Waals surface area contributed by atoms with Gasteiger partial charge in [0, 0.05) is 6.54 Å². The number of nitrogens with one attached hydrogen (secondary N) is 1. The number of aliphatic hydroxyl groups excluding tert-OH is 1. The minimum atomic E-state index is -3.82. The number of hydrogen-bond donors (Lipinski definition) is 2. The second kappa shape index (κ2) is 10.6. The van der Waals surface area contributed by atoms with E-state index >= 15 is 0 Å². The zero-order chi connectivity index (χ0) is 21.4. The van der Waals surface area contributed by atoms with Crippen LogP contribution in [0.25, 0.3) is 0 Å². The number of anilines is 1. The van der Waals surface area contributed by atoms with Gasteiger partial charge in [-0.1, -0.05) is 31.5 Å². The van der Waals surface area contributed by atoms with E-state index in [1.165, 1.54) is 4.31 Å². The second-order valence-corrected chi connectivity index (χ2v) is 9.45. The number of rotatable bonds is 11. The first-order valence-electron chi connectivity index (χ1n) is 9.86. The van der Waals surface area contributed by atoms with Crippen molar-refractivity contribution < 1.29 is 18.3 Å². The van der Waals surface area contributed by atoms with Gasteiger partial charge in [0.05, 0.1) is 30.3 Å². The highest BCUT2D eigenvalue weighted by Gasteiger charge is 2.27. The lowest BCUT2D eigenvalue weighted by atomic mass is 10.1. The summed E-state index contributed by atoms with van der Waals surface area (Å²) >= 11 is 0. The zero-order valence-corrected chi connectivity index (χ0v) is 18.4. The Morgan fingerprint density at radius 1 is 1.07 bits per heavy atom. The highest BCUT2D eigenvalue weighted by molar-refractivity contribution is 7.92. The molecular formula is C22H32N2O4S. The fraction of sp³-hybridized carbons (Fsp3) is 0.455. The van der Waals surface area contributed by atoms with Crippen molar-refractivity contribution in [1.29, 1.82) is 0 Å².